The molecule has 9 nitrogen and oxygen atoms in total. The maximum atomic E-state index is 13.8. The fourth-order valence-electron chi connectivity index (χ4n) is 6.20. The summed E-state index contributed by atoms with van der Waals surface area (Å²) in [5.74, 6) is 0.0988. The van der Waals surface area contributed by atoms with Gasteiger partial charge in [-0.25, -0.2) is 9.18 Å². The fourth-order valence-corrected chi connectivity index (χ4v) is 6.20. The molecule has 1 atom stereocenters. The molecule has 0 aliphatic carbocycles. The Morgan fingerprint density at radius 2 is 1.93 bits per heavy atom. The number of benzene rings is 2. The highest BCUT2D eigenvalue weighted by Gasteiger charge is 2.49. The number of carbonyl (C=O) groups excluding carboxylic acids is 2. The van der Waals surface area contributed by atoms with E-state index in [1.54, 1.807) is 53.6 Å². The number of rotatable bonds is 4. The number of nitrogens with one attached hydrogen (secondary N) is 2. The first-order valence-electron chi connectivity index (χ1n) is 13.3. The minimum atomic E-state index is -0.561. The summed E-state index contributed by atoms with van der Waals surface area (Å²) in [6.45, 7) is 1.05. The number of aromatic amines is 1. The van der Waals surface area contributed by atoms with Crippen LogP contribution in [0.25, 0.3) is 10.9 Å². The van der Waals surface area contributed by atoms with Crippen molar-refractivity contribution in [3.05, 3.63) is 89.6 Å². The molecule has 0 radical (unpaired) electrons. The van der Waals surface area contributed by atoms with E-state index in [0.29, 0.717) is 49.5 Å². The Kier molecular flexibility index (Phi) is 6.63. The summed E-state index contributed by atoms with van der Waals surface area (Å²) in [6, 6.07) is 14.2. The van der Waals surface area contributed by atoms with Crippen molar-refractivity contribution < 1.29 is 23.8 Å². The molecule has 6 rings (SSSR count). The maximum Gasteiger partial charge on any atom is 0.321 e. The minimum Gasteiger partial charge on any atom is -0.497 e. The van der Waals surface area contributed by atoms with Crippen molar-refractivity contribution in [1.29, 1.82) is 0 Å². The first kappa shape index (κ1) is 25.8. The lowest BCUT2D eigenvalue weighted by Crippen LogP contribution is -2.56. The number of anilines is 1. The molecular weight excluding hydrogens is 513 g/mol. The number of hydrogen-bond donors (Lipinski definition) is 3. The number of urea groups is 1. The Balaban J connectivity index is 1.36. The number of fused-ring (bicyclic) bond motifs is 4. The molecule has 2 aromatic heterocycles. The number of ether oxygens (including phenoxy) is 1. The smallest absolute Gasteiger partial charge is 0.321 e. The Hall–Kier alpha value is -4.44. The largest absolute Gasteiger partial charge is 0.497 e. The molecule has 2 aliphatic rings. The number of piperidine rings is 1. The Morgan fingerprint density at radius 1 is 1.15 bits per heavy atom. The van der Waals surface area contributed by atoms with Crippen LogP contribution in [0.5, 0.6) is 5.75 Å². The van der Waals surface area contributed by atoms with Crippen LogP contribution in [0.1, 0.15) is 40.5 Å². The van der Waals surface area contributed by atoms with E-state index >= 15 is 0 Å². The number of amides is 3. The van der Waals surface area contributed by atoms with Gasteiger partial charge in [0.15, 0.2) is 0 Å². The van der Waals surface area contributed by atoms with Gasteiger partial charge in [-0.3, -0.25) is 9.78 Å². The number of hydrogen-bond acceptors (Lipinski definition) is 5. The second-order valence-electron chi connectivity index (χ2n) is 10.4. The van der Waals surface area contributed by atoms with Gasteiger partial charge < -0.3 is 29.9 Å². The number of aliphatic hydroxyl groups excluding tert-OH is 1. The van der Waals surface area contributed by atoms with Crippen molar-refractivity contribution in [3.8, 4) is 5.75 Å². The molecule has 4 heterocycles. The Labute approximate surface area is 230 Å². The van der Waals surface area contributed by atoms with Crippen molar-refractivity contribution in [2.45, 2.75) is 24.3 Å². The van der Waals surface area contributed by atoms with E-state index in [0.717, 1.165) is 22.2 Å². The molecule has 3 N–H and O–H groups in total. The van der Waals surface area contributed by atoms with Crippen molar-refractivity contribution in [1.82, 2.24) is 19.8 Å². The van der Waals surface area contributed by atoms with Crippen LogP contribution in [-0.2, 0) is 5.41 Å². The molecule has 2 aromatic carbocycles. The lowest BCUT2D eigenvalue weighted by molar-refractivity contribution is 0.0371. The van der Waals surface area contributed by atoms with Crippen LogP contribution >= 0.6 is 0 Å². The van der Waals surface area contributed by atoms with Crippen LogP contribution in [0, 0.1) is 5.82 Å². The van der Waals surface area contributed by atoms with Gasteiger partial charge in [0.2, 0.25) is 0 Å². The number of nitrogens with zero attached hydrogens (tertiary/aromatic N) is 3. The molecule has 0 saturated carbocycles. The number of carbonyl (C=O) groups is 2. The Morgan fingerprint density at radius 3 is 2.62 bits per heavy atom. The van der Waals surface area contributed by atoms with E-state index in [4.69, 9.17) is 4.74 Å². The van der Waals surface area contributed by atoms with Crippen molar-refractivity contribution in [3.63, 3.8) is 0 Å². The van der Waals surface area contributed by atoms with Gasteiger partial charge in [0.1, 0.15) is 11.6 Å². The highest BCUT2D eigenvalue weighted by Crippen LogP contribution is 2.49. The van der Waals surface area contributed by atoms with Gasteiger partial charge in [0, 0.05) is 71.4 Å². The predicted octanol–water partition coefficient (Wildman–Crippen LogP) is 4.47. The summed E-state index contributed by atoms with van der Waals surface area (Å²) in [5, 5.41) is 14.4. The van der Waals surface area contributed by atoms with Gasteiger partial charge in [0.05, 0.1) is 19.8 Å². The zero-order chi connectivity index (χ0) is 27.9. The molecule has 1 spiro atoms. The summed E-state index contributed by atoms with van der Waals surface area (Å²) in [7, 11) is 1.61. The van der Waals surface area contributed by atoms with E-state index in [-0.39, 0.29) is 18.5 Å². The summed E-state index contributed by atoms with van der Waals surface area (Å²) in [5.41, 5.74) is 3.19. The predicted molar refractivity (Wildman–Crippen MR) is 148 cm³/mol. The average molecular weight is 544 g/mol. The quantitative estimate of drug-likeness (QED) is 0.352. The molecule has 1 saturated heterocycles. The molecule has 10 heteroatoms. The van der Waals surface area contributed by atoms with Crippen LogP contribution in [0.15, 0.2) is 67.0 Å². The lowest BCUT2D eigenvalue weighted by Gasteiger charge is -2.50. The lowest BCUT2D eigenvalue weighted by atomic mass is 9.68. The van der Waals surface area contributed by atoms with Crippen molar-refractivity contribution in [2.24, 2.45) is 0 Å². The molecule has 40 heavy (non-hydrogen) atoms. The SMILES string of the molecule is COc1ccc2c3c([nH]c2c1)[C@@H](CO)N(C(=O)c1ccncc1)CC31CCN(C(=O)Nc2cccc(F)c2)CC1. The summed E-state index contributed by atoms with van der Waals surface area (Å²) < 4.78 is 19.1. The van der Waals surface area contributed by atoms with Gasteiger partial charge in [-0.05, 0) is 60.9 Å². The molecule has 0 bridgehead atoms. The number of likely N-dealkylation sites (tertiary alicyclic amines) is 1. The fraction of sp³-hybridized carbons (Fsp3) is 0.300. The van der Waals surface area contributed by atoms with Gasteiger partial charge in [-0.2, -0.15) is 0 Å². The van der Waals surface area contributed by atoms with Crippen LogP contribution in [0.4, 0.5) is 14.9 Å². The molecule has 0 unspecified atom stereocenters. The minimum absolute atomic E-state index is 0.186. The number of aliphatic hydroxyl groups is 1. The van der Waals surface area contributed by atoms with E-state index in [1.807, 2.05) is 18.2 Å². The highest BCUT2D eigenvalue weighted by molar-refractivity contribution is 5.96. The van der Waals surface area contributed by atoms with Gasteiger partial charge in [0.25, 0.3) is 5.91 Å². The first-order valence-corrected chi connectivity index (χ1v) is 13.3. The second kappa shape index (κ2) is 10.3. The molecule has 4 aromatic rings. The number of halogens is 1. The van der Waals surface area contributed by atoms with Crippen molar-refractivity contribution >= 4 is 28.5 Å². The van der Waals surface area contributed by atoms with Crippen molar-refractivity contribution in [2.75, 3.05) is 38.7 Å². The van der Waals surface area contributed by atoms with Gasteiger partial charge in [-0.15, -0.1) is 0 Å². The normalized spacial score (nSPS) is 18.0. The molecule has 206 valence electrons. The molecule has 2 aliphatic heterocycles. The number of methoxy groups -OCH3 is 1. The Bertz CT molecular complexity index is 1570. The standard InChI is InChI=1S/C30H30FN5O4/c1-40-22-5-6-23-24(16-22)34-27-25(17-37)36(28(38)19-7-11-32-12-8-19)18-30(26(23)27)9-13-35(14-10-30)29(39)33-21-4-2-3-20(31)15-21/h2-8,11-12,15-16,25,34,37H,9-10,13-14,17-18H2,1H3,(H,33,39)/t25-/m1/s1. The number of pyridine rings is 1. The summed E-state index contributed by atoms with van der Waals surface area (Å²) in [6.07, 6.45) is 4.37. The summed E-state index contributed by atoms with van der Waals surface area (Å²) in [4.78, 5) is 37.8. The zero-order valence-electron chi connectivity index (χ0n) is 22.1. The highest BCUT2D eigenvalue weighted by atomic mass is 19.1. The average Bonchev–Trinajstić information content (AvgIpc) is 3.37. The maximum absolute atomic E-state index is 13.8. The molecule has 3 amide bonds. The summed E-state index contributed by atoms with van der Waals surface area (Å²) >= 11 is 0. The third kappa shape index (κ3) is 4.44. The van der Waals surface area contributed by atoms with Crippen LogP contribution in [0.3, 0.4) is 0 Å². The number of H-pyrrole nitrogens is 1. The third-order valence-electron chi connectivity index (χ3n) is 8.19. The van der Waals surface area contributed by atoms with Crippen LogP contribution < -0.4 is 10.1 Å². The topological polar surface area (TPSA) is 111 Å². The van der Waals surface area contributed by atoms with E-state index in [2.05, 4.69) is 15.3 Å². The third-order valence-corrected chi connectivity index (χ3v) is 8.19. The van der Waals surface area contributed by atoms with Gasteiger partial charge in [-0.1, -0.05) is 6.07 Å². The second-order valence-corrected chi connectivity index (χ2v) is 10.4. The molecular formula is C30H30FN5O4. The van der Waals surface area contributed by atoms with E-state index in [1.165, 1.54) is 12.1 Å². The van der Waals surface area contributed by atoms with E-state index in [9.17, 15) is 19.1 Å². The van der Waals surface area contributed by atoms with Crippen LogP contribution in [0.2, 0.25) is 0 Å². The first-order chi connectivity index (χ1) is 19.4. The zero-order valence-corrected chi connectivity index (χ0v) is 22.1. The monoisotopic (exact) mass is 543 g/mol. The molecule has 1 fully saturated rings. The van der Waals surface area contributed by atoms with Gasteiger partial charge >= 0.3 is 6.03 Å². The van der Waals surface area contributed by atoms with Crippen LogP contribution in [-0.4, -0.2) is 70.2 Å². The number of aromatic nitrogens is 2. The van der Waals surface area contributed by atoms with E-state index < -0.39 is 17.3 Å².